The molecule has 1 aromatic heterocycles. The number of nitrogens with zero attached hydrogens (tertiary/aromatic N) is 3. The van der Waals surface area contributed by atoms with Crippen molar-refractivity contribution >= 4 is 17.4 Å². The summed E-state index contributed by atoms with van der Waals surface area (Å²) in [5, 5.41) is 13.2. The summed E-state index contributed by atoms with van der Waals surface area (Å²) in [4.78, 5) is 30.1. The summed E-state index contributed by atoms with van der Waals surface area (Å²) in [6.07, 6.45) is 0. The van der Waals surface area contributed by atoms with Crippen LogP contribution in [0, 0.1) is 10.1 Å². The highest BCUT2D eigenvalue weighted by Crippen LogP contribution is 2.19. The van der Waals surface area contributed by atoms with E-state index in [0.717, 1.165) is 0 Å². The van der Waals surface area contributed by atoms with E-state index in [2.05, 4.69) is 15.3 Å². The molecule has 0 spiro atoms. The van der Waals surface area contributed by atoms with E-state index in [-0.39, 0.29) is 29.0 Å². The Labute approximate surface area is 125 Å². The van der Waals surface area contributed by atoms with Crippen LogP contribution in [0.15, 0.2) is 30.3 Å². The molecule has 0 atom stereocenters. The summed E-state index contributed by atoms with van der Waals surface area (Å²) in [6.45, 7) is 0. The second kappa shape index (κ2) is 6.48. The number of nitrogens with one attached hydrogen (secondary N) is 1. The van der Waals surface area contributed by atoms with Gasteiger partial charge in [-0.05, 0) is 6.07 Å². The molecule has 2 aromatic rings. The minimum absolute atomic E-state index is 0.0219. The summed E-state index contributed by atoms with van der Waals surface area (Å²) in [5.74, 6) is -0.187. The second-order valence-corrected chi connectivity index (χ2v) is 4.04. The van der Waals surface area contributed by atoms with Crippen molar-refractivity contribution in [1.29, 1.82) is 0 Å². The number of rotatable bonds is 5. The van der Waals surface area contributed by atoms with Crippen molar-refractivity contribution in [3.05, 3.63) is 46.0 Å². The highest BCUT2D eigenvalue weighted by atomic mass is 16.6. The van der Waals surface area contributed by atoms with Crippen LogP contribution in [0.25, 0.3) is 0 Å². The number of anilines is 1. The standard InChI is InChI=1S/C13H12N4O5/c1-21-11-7-10(15-13(16-11)22-2)14-12(18)8-4-3-5-9(6-8)17(19)20/h3-7H,1-2H3,(H,14,15,16,18). The van der Waals surface area contributed by atoms with Crippen LogP contribution in [0.1, 0.15) is 10.4 Å². The number of methoxy groups -OCH3 is 2. The number of benzene rings is 1. The van der Waals surface area contributed by atoms with Crippen LogP contribution in [0.5, 0.6) is 11.9 Å². The van der Waals surface area contributed by atoms with Gasteiger partial charge in [0.05, 0.1) is 19.1 Å². The Balaban J connectivity index is 2.25. The Morgan fingerprint density at radius 1 is 1.23 bits per heavy atom. The topological polar surface area (TPSA) is 116 Å². The third-order valence-electron chi connectivity index (χ3n) is 2.63. The number of aromatic nitrogens is 2. The predicted molar refractivity (Wildman–Crippen MR) is 76.2 cm³/mol. The van der Waals surface area contributed by atoms with E-state index in [4.69, 9.17) is 9.47 Å². The lowest BCUT2D eigenvalue weighted by Crippen LogP contribution is -2.14. The maximum absolute atomic E-state index is 12.1. The number of amides is 1. The molecule has 1 heterocycles. The van der Waals surface area contributed by atoms with Gasteiger partial charge in [-0.15, -0.1) is 0 Å². The maximum atomic E-state index is 12.1. The van der Waals surface area contributed by atoms with Gasteiger partial charge >= 0.3 is 6.01 Å². The van der Waals surface area contributed by atoms with E-state index in [1.165, 1.54) is 44.6 Å². The molecule has 1 amide bonds. The Hall–Kier alpha value is -3.23. The van der Waals surface area contributed by atoms with E-state index >= 15 is 0 Å². The molecule has 1 aromatic carbocycles. The summed E-state index contributed by atoms with van der Waals surface area (Å²) in [6, 6.07) is 6.77. The minimum Gasteiger partial charge on any atom is -0.481 e. The predicted octanol–water partition coefficient (Wildman–Crippen LogP) is 1.65. The molecule has 22 heavy (non-hydrogen) atoms. The zero-order valence-electron chi connectivity index (χ0n) is 11.8. The Morgan fingerprint density at radius 2 is 2.00 bits per heavy atom. The highest BCUT2D eigenvalue weighted by molar-refractivity contribution is 6.04. The van der Waals surface area contributed by atoms with Gasteiger partial charge < -0.3 is 14.8 Å². The number of nitro groups is 1. The molecule has 0 radical (unpaired) electrons. The fourth-order valence-electron chi connectivity index (χ4n) is 1.61. The van der Waals surface area contributed by atoms with Crippen LogP contribution in [-0.4, -0.2) is 35.0 Å². The molecule has 0 unspecified atom stereocenters. The molecular weight excluding hydrogens is 292 g/mol. The monoisotopic (exact) mass is 304 g/mol. The van der Waals surface area contributed by atoms with Crippen LogP contribution in [-0.2, 0) is 0 Å². The number of carbonyl (C=O) groups excluding carboxylic acids is 1. The largest absolute Gasteiger partial charge is 0.481 e. The maximum Gasteiger partial charge on any atom is 0.321 e. The normalized spacial score (nSPS) is 9.91. The molecule has 0 saturated heterocycles. The van der Waals surface area contributed by atoms with Gasteiger partial charge in [0.25, 0.3) is 11.6 Å². The zero-order chi connectivity index (χ0) is 16.1. The Bertz CT molecular complexity index is 697. The van der Waals surface area contributed by atoms with Gasteiger partial charge in [0.15, 0.2) is 0 Å². The average Bonchev–Trinajstić information content (AvgIpc) is 2.54. The lowest BCUT2D eigenvalue weighted by molar-refractivity contribution is -0.384. The van der Waals surface area contributed by atoms with Gasteiger partial charge in [-0.25, -0.2) is 0 Å². The Kier molecular flexibility index (Phi) is 4.47. The first-order valence-corrected chi connectivity index (χ1v) is 6.06. The third-order valence-corrected chi connectivity index (χ3v) is 2.63. The number of ether oxygens (including phenoxy) is 2. The van der Waals surface area contributed by atoms with E-state index < -0.39 is 10.8 Å². The average molecular weight is 304 g/mol. The number of hydrogen-bond donors (Lipinski definition) is 1. The van der Waals surface area contributed by atoms with Crippen LogP contribution >= 0.6 is 0 Å². The van der Waals surface area contributed by atoms with Crippen LogP contribution < -0.4 is 14.8 Å². The van der Waals surface area contributed by atoms with E-state index in [1.807, 2.05) is 0 Å². The quantitative estimate of drug-likeness (QED) is 0.659. The fraction of sp³-hybridized carbons (Fsp3) is 0.154. The van der Waals surface area contributed by atoms with Crippen LogP contribution in [0.3, 0.4) is 0 Å². The molecule has 0 saturated carbocycles. The molecular formula is C13H12N4O5. The van der Waals surface area contributed by atoms with Gasteiger partial charge in [-0.2, -0.15) is 9.97 Å². The van der Waals surface area contributed by atoms with Gasteiger partial charge in [0.2, 0.25) is 5.88 Å². The molecule has 0 bridgehead atoms. The second-order valence-electron chi connectivity index (χ2n) is 4.04. The molecule has 0 fully saturated rings. The summed E-state index contributed by atoms with van der Waals surface area (Å²) < 4.78 is 9.86. The highest BCUT2D eigenvalue weighted by Gasteiger charge is 2.13. The number of nitro benzene ring substituents is 1. The lowest BCUT2D eigenvalue weighted by Gasteiger charge is -2.07. The summed E-state index contributed by atoms with van der Waals surface area (Å²) >= 11 is 0. The molecule has 0 aliphatic carbocycles. The first kappa shape index (κ1) is 15.2. The molecule has 1 N–H and O–H groups in total. The summed E-state index contributed by atoms with van der Waals surface area (Å²) in [7, 11) is 2.79. The molecule has 9 heteroatoms. The van der Waals surface area contributed by atoms with Crippen molar-refractivity contribution in [3.8, 4) is 11.9 Å². The SMILES string of the molecule is COc1cc(NC(=O)c2cccc([N+](=O)[O-])c2)nc(OC)n1. The molecule has 0 aliphatic heterocycles. The lowest BCUT2D eigenvalue weighted by atomic mass is 10.2. The number of non-ortho nitro benzene ring substituents is 1. The van der Waals surface area contributed by atoms with Crippen LogP contribution in [0.2, 0.25) is 0 Å². The van der Waals surface area contributed by atoms with Crippen molar-refractivity contribution in [2.45, 2.75) is 0 Å². The van der Waals surface area contributed by atoms with E-state index in [1.54, 1.807) is 0 Å². The third kappa shape index (κ3) is 3.45. The van der Waals surface area contributed by atoms with Gasteiger partial charge in [0.1, 0.15) is 5.82 Å². The van der Waals surface area contributed by atoms with Crippen molar-refractivity contribution < 1.29 is 19.2 Å². The Morgan fingerprint density at radius 3 is 2.64 bits per heavy atom. The summed E-state index contributed by atoms with van der Waals surface area (Å²) in [5.41, 5.74) is -0.0451. The van der Waals surface area contributed by atoms with Crippen molar-refractivity contribution in [2.24, 2.45) is 0 Å². The zero-order valence-corrected chi connectivity index (χ0v) is 11.8. The van der Waals surface area contributed by atoms with Crippen LogP contribution in [0.4, 0.5) is 11.5 Å². The molecule has 0 aliphatic rings. The fourth-order valence-corrected chi connectivity index (χ4v) is 1.61. The molecule has 2 rings (SSSR count). The molecule has 114 valence electrons. The van der Waals surface area contributed by atoms with Crippen molar-refractivity contribution in [3.63, 3.8) is 0 Å². The van der Waals surface area contributed by atoms with Crippen molar-refractivity contribution in [2.75, 3.05) is 19.5 Å². The van der Waals surface area contributed by atoms with Gasteiger partial charge in [-0.3, -0.25) is 14.9 Å². The number of hydrogen-bond acceptors (Lipinski definition) is 7. The first-order valence-electron chi connectivity index (χ1n) is 6.06. The van der Waals surface area contributed by atoms with E-state index in [9.17, 15) is 14.9 Å². The van der Waals surface area contributed by atoms with Gasteiger partial charge in [0, 0.05) is 23.8 Å². The van der Waals surface area contributed by atoms with Crippen molar-refractivity contribution in [1.82, 2.24) is 9.97 Å². The van der Waals surface area contributed by atoms with E-state index in [0.29, 0.717) is 0 Å². The smallest absolute Gasteiger partial charge is 0.321 e. The number of carbonyl (C=O) groups is 1. The minimum atomic E-state index is -0.576. The molecule has 9 nitrogen and oxygen atoms in total. The van der Waals surface area contributed by atoms with Gasteiger partial charge in [-0.1, -0.05) is 6.07 Å². The first-order chi connectivity index (χ1) is 10.5.